The first-order chi connectivity index (χ1) is 8.95. The normalized spacial score (nSPS) is 13.6. The van der Waals surface area contributed by atoms with Crippen molar-refractivity contribution in [1.29, 1.82) is 5.26 Å². The first kappa shape index (κ1) is 13.7. The molecule has 19 heavy (non-hydrogen) atoms. The lowest BCUT2D eigenvalue weighted by atomic mass is 9.87. The highest BCUT2D eigenvalue weighted by Crippen LogP contribution is 2.32. The van der Waals surface area contributed by atoms with E-state index >= 15 is 0 Å². The smallest absolute Gasteiger partial charge is 0.129 e. The summed E-state index contributed by atoms with van der Waals surface area (Å²) in [5.74, 6) is -0.474. The predicted octanol–water partition coefficient (Wildman–Crippen LogP) is 3.72. The van der Waals surface area contributed by atoms with Crippen molar-refractivity contribution in [2.45, 2.75) is 12.5 Å². The highest BCUT2D eigenvalue weighted by molar-refractivity contribution is 9.10. The van der Waals surface area contributed by atoms with Crippen molar-refractivity contribution in [3.8, 4) is 6.07 Å². The maximum Gasteiger partial charge on any atom is 0.129 e. The summed E-state index contributed by atoms with van der Waals surface area (Å²) in [7, 11) is 0. The van der Waals surface area contributed by atoms with Crippen molar-refractivity contribution in [3.63, 3.8) is 0 Å². The molecule has 0 aromatic heterocycles. The van der Waals surface area contributed by atoms with Crippen molar-refractivity contribution in [2.75, 3.05) is 0 Å². The number of nitriles is 1. The van der Waals surface area contributed by atoms with Gasteiger partial charge in [-0.05, 0) is 42.8 Å². The third kappa shape index (κ3) is 2.67. The van der Waals surface area contributed by atoms with E-state index in [9.17, 15) is 9.50 Å². The average molecular weight is 320 g/mol. The van der Waals surface area contributed by atoms with E-state index in [1.807, 2.05) is 6.07 Å². The molecule has 1 unspecified atom stereocenters. The van der Waals surface area contributed by atoms with Gasteiger partial charge in [-0.25, -0.2) is 4.39 Å². The van der Waals surface area contributed by atoms with Crippen molar-refractivity contribution in [3.05, 3.63) is 69.4 Å². The second kappa shape index (κ2) is 5.12. The van der Waals surface area contributed by atoms with Crippen LogP contribution >= 0.6 is 15.9 Å². The Labute approximate surface area is 119 Å². The highest BCUT2D eigenvalue weighted by Gasteiger charge is 2.28. The minimum absolute atomic E-state index is 0.187. The SMILES string of the molecule is CC(O)(c1ccc(C#N)cc1)c1cc(Br)ccc1F. The van der Waals surface area contributed by atoms with E-state index in [0.29, 0.717) is 15.6 Å². The third-order valence-electron chi connectivity index (χ3n) is 3.03. The Morgan fingerprint density at radius 2 is 1.84 bits per heavy atom. The monoisotopic (exact) mass is 319 g/mol. The number of rotatable bonds is 2. The van der Waals surface area contributed by atoms with Gasteiger partial charge in [0.2, 0.25) is 0 Å². The molecule has 1 N–H and O–H groups in total. The van der Waals surface area contributed by atoms with Crippen molar-refractivity contribution < 1.29 is 9.50 Å². The summed E-state index contributed by atoms with van der Waals surface area (Å²) in [6, 6.07) is 12.9. The minimum atomic E-state index is -1.46. The van der Waals surface area contributed by atoms with E-state index in [2.05, 4.69) is 15.9 Å². The molecule has 2 nitrogen and oxygen atoms in total. The molecule has 0 fully saturated rings. The van der Waals surface area contributed by atoms with E-state index in [4.69, 9.17) is 5.26 Å². The lowest BCUT2D eigenvalue weighted by Crippen LogP contribution is -2.24. The topological polar surface area (TPSA) is 44.0 Å². The van der Waals surface area contributed by atoms with Gasteiger partial charge in [-0.3, -0.25) is 0 Å². The molecule has 0 saturated carbocycles. The van der Waals surface area contributed by atoms with E-state index in [0.717, 1.165) is 0 Å². The number of nitrogens with zero attached hydrogens (tertiary/aromatic N) is 1. The number of benzene rings is 2. The largest absolute Gasteiger partial charge is 0.381 e. The van der Waals surface area contributed by atoms with Crippen LogP contribution < -0.4 is 0 Å². The Kier molecular flexibility index (Phi) is 3.70. The maximum absolute atomic E-state index is 13.9. The summed E-state index contributed by atoms with van der Waals surface area (Å²) in [5, 5.41) is 19.3. The maximum atomic E-state index is 13.9. The Morgan fingerprint density at radius 3 is 2.42 bits per heavy atom. The molecule has 2 aromatic carbocycles. The quantitative estimate of drug-likeness (QED) is 0.916. The van der Waals surface area contributed by atoms with Crippen LogP contribution in [0.15, 0.2) is 46.9 Å². The molecule has 1 atom stereocenters. The zero-order valence-electron chi connectivity index (χ0n) is 10.2. The van der Waals surface area contributed by atoms with Crippen LogP contribution in [-0.2, 0) is 5.60 Å². The average Bonchev–Trinajstić information content (AvgIpc) is 2.41. The Bertz CT molecular complexity index is 644. The Balaban J connectivity index is 2.51. The molecule has 96 valence electrons. The van der Waals surface area contributed by atoms with Gasteiger partial charge in [0.1, 0.15) is 11.4 Å². The number of hydrogen-bond donors (Lipinski definition) is 1. The summed E-state index contributed by atoms with van der Waals surface area (Å²) in [6.07, 6.45) is 0. The first-order valence-electron chi connectivity index (χ1n) is 5.63. The fraction of sp³-hybridized carbons (Fsp3) is 0.133. The molecular formula is C15H11BrFNO. The van der Waals surface area contributed by atoms with Gasteiger partial charge in [0.25, 0.3) is 0 Å². The van der Waals surface area contributed by atoms with Crippen LogP contribution in [0.25, 0.3) is 0 Å². The molecule has 0 saturated heterocycles. The van der Waals surface area contributed by atoms with Crippen LogP contribution in [0.5, 0.6) is 0 Å². The van der Waals surface area contributed by atoms with Crippen LogP contribution in [-0.4, -0.2) is 5.11 Å². The molecule has 0 aliphatic carbocycles. The van der Waals surface area contributed by atoms with Crippen LogP contribution in [0.2, 0.25) is 0 Å². The van der Waals surface area contributed by atoms with Gasteiger partial charge in [-0.2, -0.15) is 5.26 Å². The van der Waals surface area contributed by atoms with Crippen molar-refractivity contribution >= 4 is 15.9 Å². The summed E-state index contributed by atoms with van der Waals surface area (Å²) in [6.45, 7) is 1.53. The lowest BCUT2D eigenvalue weighted by Gasteiger charge is -2.25. The number of halogens is 2. The fourth-order valence-electron chi connectivity index (χ4n) is 1.90. The van der Waals surface area contributed by atoms with Crippen LogP contribution in [0.3, 0.4) is 0 Å². The van der Waals surface area contributed by atoms with Gasteiger partial charge in [-0.15, -0.1) is 0 Å². The predicted molar refractivity (Wildman–Crippen MR) is 73.9 cm³/mol. The summed E-state index contributed by atoms with van der Waals surface area (Å²) < 4.78 is 14.6. The fourth-order valence-corrected chi connectivity index (χ4v) is 2.26. The Hall–Kier alpha value is -1.70. The molecule has 0 aliphatic heterocycles. The zero-order chi connectivity index (χ0) is 14.0. The number of hydrogen-bond acceptors (Lipinski definition) is 2. The summed E-state index contributed by atoms with van der Waals surface area (Å²) in [5.41, 5.74) is -0.244. The van der Waals surface area contributed by atoms with Crippen LogP contribution in [0, 0.1) is 17.1 Å². The van der Waals surface area contributed by atoms with Gasteiger partial charge in [-0.1, -0.05) is 28.1 Å². The van der Waals surface area contributed by atoms with Crippen LogP contribution in [0.1, 0.15) is 23.6 Å². The molecule has 0 amide bonds. The lowest BCUT2D eigenvalue weighted by molar-refractivity contribution is 0.0979. The van der Waals surface area contributed by atoms with Crippen LogP contribution in [0.4, 0.5) is 4.39 Å². The van der Waals surface area contributed by atoms with E-state index < -0.39 is 11.4 Å². The molecule has 0 spiro atoms. The van der Waals surface area contributed by atoms with Gasteiger partial charge in [0.15, 0.2) is 0 Å². The standard InChI is InChI=1S/C15H11BrFNO/c1-15(19,11-4-2-10(9-18)3-5-11)13-8-12(16)6-7-14(13)17/h2-8,19H,1H3. The van der Waals surface area contributed by atoms with Gasteiger partial charge in [0, 0.05) is 10.0 Å². The first-order valence-corrected chi connectivity index (χ1v) is 6.43. The highest BCUT2D eigenvalue weighted by atomic mass is 79.9. The molecule has 0 aliphatic rings. The summed E-state index contributed by atoms with van der Waals surface area (Å²) >= 11 is 3.26. The zero-order valence-corrected chi connectivity index (χ0v) is 11.8. The molecule has 0 radical (unpaired) electrons. The molecule has 2 rings (SSSR count). The van der Waals surface area contributed by atoms with Crippen molar-refractivity contribution in [2.24, 2.45) is 0 Å². The van der Waals surface area contributed by atoms with Gasteiger partial charge < -0.3 is 5.11 Å². The molecule has 4 heteroatoms. The molecule has 0 bridgehead atoms. The molecule has 0 heterocycles. The minimum Gasteiger partial charge on any atom is -0.381 e. The Morgan fingerprint density at radius 1 is 1.21 bits per heavy atom. The molecule has 2 aromatic rings. The van der Waals surface area contributed by atoms with Gasteiger partial charge >= 0.3 is 0 Å². The summed E-state index contributed by atoms with van der Waals surface area (Å²) in [4.78, 5) is 0. The molecular weight excluding hydrogens is 309 g/mol. The van der Waals surface area contributed by atoms with E-state index in [1.165, 1.54) is 13.0 Å². The van der Waals surface area contributed by atoms with Gasteiger partial charge in [0.05, 0.1) is 11.6 Å². The number of aliphatic hydroxyl groups is 1. The van der Waals surface area contributed by atoms with E-state index in [-0.39, 0.29) is 5.56 Å². The third-order valence-corrected chi connectivity index (χ3v) is 3.52. The second-order valence-corrected chi connectivity index (χ2v) is 5.30. The van der Waals surface area contributed by atoms with Crippen molar-refractivity contribution in [1.82, 2.24) is 0 Å². The second-order valence-electron chi connectivity index (χ2n) is 4.39. The van der Waals surface area contributed by atoms with E-state index in [1.54, 1.807) is 36.4 Å².